The first-order chi connectivity index (χ1) is 9.38. The smallest absolute Gasteiger partial charge is 0.0343 e. The second-order valence-corrected chi connectivity index (χ2v) is 4.97. The number of aryl methyl sites for hydroxylation is 1. The second kappa shape index (κ2) is 7.63. The topological polar surface area (TPSA) is 12.0 Å². The van der Waals surface area contributed by atoms with Crippen molar-refractivity contribution in [1.82, 2.24) is 0 Å². The van der Waals surface area contributed by atoms with Crippen molar-refractivity contribution in [3.05, 3.63) is 65.7 Å². The van der Waals surface area contributed by atoms with Crippen LogP contribution in [-0.2, 0) is 12.8 Å². The van der Waals surface area contributed by atoms with Crippen molar-refractivity contribution in [2.45, 2.75) is 32.6 Å². The van der Waals surface area contributed by atoms with Crippen LogP contribution in [0, 0.1) is 0 Å². The van der Waals surface area contributed by atoms with E-state index in [0.717, 1.165) is 13.0 Å². The number of unbranched alkanes of at least 4 members (excludes halogenated alkanes) is 1. The van der Waals surface area contributed by atoms with Crippen LogP contribution in [0.3, 0.4) is 0 Å². The molecular formula is C18H23N. The maximum Gasteiger partial charge on any atom is 0.0343 e. The molecule has 19 heavy (non-hydrogen) atoms. The number of anilines is 1. The van der Waals surface area contributed by atoms with Crippen molar-refractivity contribution in [3.63, 3.8) is 0 Å². The summed E-state index contributed by atoms with van der Waals surface area (Å²) in [5.41, 5.74) is 4.06. The van der Waals surface area contributed by atoms with Crippen molar-refractivity contribution in [1.29, 1.82) is 0 Å². The summed E-state index contributed by atoms with van der Waals surface area (Å²) in [7, 11) is 0. The molecule has 100 valence electrons. The van der Waals surface area contributed by atoms with Gasteiger partial charge in [0.15, 0.2) is 0 Å². The summed E-state index contributed by atoms with van der Waals surface area (Å²) >= 11 is 0. The number of benzene rings is 2. The van der Waals surface area contributed by atoms with E-state index in [1.54, 1.807) is 0 Å². The second-order valence-electron chi connectivity index (χ2n) is 4.97. The van der Waals surface area contributed by atoms with Gasteiger partial charge in [0.1, 0.15) is 0 Å². The first-order valence-electron chi connectivity index (χ1n) is 7.25. The van der Waals surface area contributed by atoms with Gasteiger partial charge in [-0.25, -0.2) is 0 Å². The van der Waals surface area contributed by atoms with Crippen LogP contribution in [0.15, 0.2) is 54.6 Å². The fourth-order valence-corrected chi connectivity index (χ4v) is 2.21. The van der Waals surface area contributed by atoms with Gasteiger partial charge >= 0.3 is 0 Å². The van der Waals surface area contributed by atoms with E-state index in [0.29, 0.717) is 0 Å². The van der Waals surface area contributed by atoms with Gasteiger partial charge in [-0.05, 0) is 42.5 Å². The van der Waals surface area contributed by atoms with E-state index in [1.807, 2.05) is 0 Å². The summed E-state index contributed by atoms with van der Waals surface area (Å²) in [4.78, 5) is 0. The third-order valence-corrected chi connectivity index (χ3v) is 3.33. The van der Waals surface area contributed by atoms with E-state index in [-0.39, 0.29) is 0 Å². The van der Waals surface area contributed by atoms with Gasteiger partial charge in [-0.1, -0.05) is 55.8 Å². The highest BCUT2D eigenvalue weighted by atomic mass is 14.9. The highest BCUT2D eigenvalue weighted by Crippen LogP contribution is 2.13. The molecule has 0 spiro atoms. The van der Waals surface area contributed by atoms with Crippen molar-refractivity contribution in [2.75, 3.05) is 11.9 Å². The largest absolute Gasteiger partial charge is 0.385 e. The zero-order valence-corrected chi connectivity index (χ0v) is 11.7. The van der Waals surface area contributed by atoms with Gasteiger partial charge in [-0.3, -0.25) is 0 Å². The molecule has 0 saturated heterocycles. The molecule has 0 heterocycles. The molecule has 2 aromatic carbocycles. The molecule has 2 rings (SSSR count). The zero-order valence-electron chi connectivity index (χ0n) is 11.7. The summed E-state index contributed by atoms with van der Waals surface area (Å²) in [5, 5.41) is 3.51. The number of hydrogen-bond donors (Lipinski definition) is 1. The lowest BCUT2D eigenvalue weighted by molar-refractivity contribution is 0.795. The highest BCUT2D eigenvalue weighted by Gasteiger charge is 1.96. The molecule has 1 nitrogen and oxygen atoms in total. The monoisotopic (exact) mass is 253 g/mol. The third kappa shape index (κ3) is 4.78. The first-order valence-corrected chi connectivity index (χ1v) is 7.25. The molecule has 0 unspecified atom stereocenters. The van der Waals surface area contributed by atoms with Crippen LogP contribution in [0.25, 0.3) is 0 Å². The molecule has 0 amide bonds. The average molecular weight is 253 g/mol. The van der Waals surface area contributed by atoms with Gasteiger partial charge in [-0.2, -0.15) is 0 Å². The van der Waals surface area contributed by atoms with Crippen LogP contribution in [0.2, 0.25) is 0 Å². The van der Waals surface area contributed by atoms with Crippen LogP contribution >= 0.6 is 0 Å². The molecule has 0 atom stereocenters. The average Bonchev–Trinajstić information content (AvgIpc) is 2.47. The molecule has 0 saturated carbocycles. The Bertz CT molecular complexity index is 476. The predicted molar refractivity (Wildman–Crippen MR) is 83.7 cm³/mol. The molecule has 0 aliphatic heterocycles. The van der Waals surface area contributed by atoms with Crippen molar-refractivity contribution in [3.8, 4) is 0 Å². The molecule has 0 aromatic heterocycles. The van der Waals surface area contributed by atoms with Crippen molar-refractivity contribution in [2.24, 2.45) is 0 Å². The third-order valence-electron chi connectivity index (χ3n) is 3.33. The minimum atomic E-state index is 0.987. The van der Waals surface area contributed by atoms with Crippen LogP contribution in [0.1, 0.15) is 30.9 Å². The Balaban J connectivity index is 1.82. The van der Waals surface area contributed by atoms with Crippen molar-refractivity contribution >= 4 is 5.69 Å². The number of nitrogens with one attached hydrogen (secondary N) is 1. The minimum Gasteiger partial charge on any atom is -0.385 e. The lowest BCUT2D eigenvalue weighted by Gasteiger charge is -2.08. The van der Waals surface area contributed by atoms with E-state index in [4.69, 9.17) is 0 Å². The fraction of sp³-hybridized carbons (Fsp3) is 0.333. The Morgan fingerprint density at radius 1 is 0.842 bits per heavy atom. The lowest BCUT2D eigenvalue weighted by Crippen LogP contribution is -2.04. The SMILES string of the molecule is CCCCc1cccc(NCCc2ccccc2)c1. The molecule has 0 radical (unpaired) electrons. The van der Waals surface area contributed by atoms with E-state index < -0.39 is 0 Å². The number of hydrogen-bond acceptors (Lipinski definition) is 1. The van der Waals surface area contributed by atoms with Gasteiger partial charge in [0.2, 0.25) is 0 Å². The minimum absolute atomic E-state index is 0.987. The van der Waals surface area contributed by atoms with Gasteiger partial charge in [0, 0.05) is 12.2 Å². The Labute approximate surface area is 116 Å². The van der Waals surface area contributed by atoms with Crippen LogP contribution < -0.4 is 5.32 Å². The zero-order chi connectivity index (χ0) is 13.3. The quantitative estimate of drug-likeness (QED) is 0.755. The maximum atomic E-state index is 3.51. The summed E-state index contributed by atoms with van der Waals surface area (Å²) in [6.45, 7) is 3.23. The molecule has 0 fully saturated rings. The maximum absolute atomic E-state index is 3.51. The fourth-order valence-electron chi connectivity index (χ4n) is 2.21. The Kier molecular flexibility index (Phi) is 5.49. The van der Waals surface area contributed by atoms with Crippen LogP contribution in [0.4, 0.5) is 5.69 Å². The Morgan fingerprint density at radius 3 is 2.42 bits per heavy atom. The standard InChI is InChI=1S/C18H23N/c1-2-3-8-17-11-7-12-18(15-17)19-14-13-16-9-5-4-6-10-16/h4-7,9-12,15,19H,2-3,8,13-14H2,1H3. The lowest BCUT2D eigenvalue weighted by atomic mass is 10.1. The van der Waals surface area contributed by atoms with Crippen LogP contribution in [0.5, 0.6) is 0 Å². The van der Waals surface area contributed by atoms with Gasteiger partial charge in [0.05, 0.1) is 0 Å². The number of rotatable bonds is 7. The van der Waals surface area contributed by atoms with E-state index in [9.17, 15) is 0 Å². The molecule has 0 bridgehead atoms. The normalized spacial score (nSPS) is 10.4. The summed E-state index contributed by atoms with van der Waals surface area (Å²) in [5.74, 6) is 0. The Morgan fingerprint density at radius 2 is 1.63 bits per heavy atom. The first kappa shape index (κ1) is 13.7. The Hall–Kier alpha value is -1.76. The molecule has 2 aromatic rings. The van der Waals surface area contributed by atoms with Gasteiger partial charge in [0.25, 0.3) is 0 Å². The van der Waals surface area contributed by atoms with Gasteiger partial charge < -0.3 is 5.32 Å². The molecular weight excluding hydrogens is 230 g/mol. The van der Waals surface area contributed by atoms with E-state index in [1.165, 1.54) is 36.1 Å². The van der Waals surface area contributed by atoms with Gasteiger partial charge in [-0.15, -0.1) is 0 Å². The van der Waals surface area contributed by atoms with E-state index >= 15 is 0 Å². The predicted octanol–water partition coefficient (Wildman–Crippen LogP) is 4.68. The van der Waals surface area contributed by atoms with E-state index in [2.05, 4.69) is 66.8 Å². The van der Waals surface area contributed by atoms with Crippen molar-refractivity contribution < 1.29 is 0 Å². The molecule has 0 aliphatic carbocycles. The molecule has 0 aliphatic rings. The summed E-state index contributed by atoms with van der Waals surface area (Å²) in [6, 6.07) is 19.4. The molecule has 1 N–H and O–H groups in total. The summed E-state index contributed by atoms with van der Waals surface area (Å²) < 4.78 is 0. The molecule has 1 heteroatoms. The van der Waals surface area contributed by atoms with Crippen LogP contribution in [-0.4, -0.2) is 6.54 Å². The summed E-state index contributed by atoms with van der Waals surface area (Å²) in [6.07, 6.45) is 4.78. The highest BCUT2D eigenvalue weighted by molar-refractivity contribution is 5.45.